The highest BCUT2D eigenvalue weighted by Gasteiger charge is 2.24. The second kappa shape index (κ2) is 6.10. The fourth-order valence-electron chi connectivity index (χ4n) is 2.62. The van der Waals surface area contributed by atoms with Crippen molar-refractivity contribution in [3.8, 4) is 0 Å². The zero-order valence-corrected chi connectivity index (χ0v) is 13.1. The predicted molar refractivity (Wildman–Crippen MR) is 83.2 cm³/mol. The maximum Gasteiger partial charge on any atom is 0.176 e. The Hall–Kier alpha value is -0.800. The number of rotatable bonds is 3. The molecule has 1 saturated heterocycles. The summed E-state index contributed by atoms with van der Waals surface area (Å²) in [5.74, 6) is 0.245. The summed E-state index contributed by atoms with van der Waals surface area (Å²) in [6, 6.07) is 6.01. The first-order chi connectivity index (χ1) is 8.95. The molecule has 0 aromatic heterocycles. The maximum atomic E-state index is 12.3. The first-order valence-corrected chi connectivity index (χ1v) is 7.88. The Labute approximate surface area is 120 Å². The van der Waals surface area contributed by atoms with Gasteiger partial charge in [0, 0.05) is 29.2 Å². The van der Waals surface area contributed by atoms with Crippen molar-refractivity contribution < 1.29 is 4.79 Å². The number of Topliss-reactive ketones (excluding diaryl/α,β-unsaturated/α-hetero) is 1. The van der Waals surface area contributed by atoms with E-state index in [0.717, 1.165) is 18.7 Å². The Balaban J connectivity index is 2.02. The van der Waals surface area contributed by atoms with Crippen LogP contribution in [0.2, 0.25) is 0 Å². The minimum atomic E-state index is 0.245. The van der Waals surface area contributed by atoms with Gasteiger partial charge in [-0.2, -0.15) is 11.8 Å². The van der Waals surface area contributed by atoms with Gasteiger partial charge in [0.2, 0.25) is 0 Å². The lowest BCUT2D eigenvalue weighted by Crippen LogP contribution is -2.42. The highest BCUT2D eigenvalue weighted by Crippen LogP contribution is 2.24. The molecule has 3 heteroatoms. The standard InChI is InChI=1S/C16H23NOS/c1-11-5-6-15(7-12(11)2)16(18)10-17-8-13(3)19-14(4)9-17/h5-7,13-14H,8-10H2,1-4H3. The van der Waals surface area contributed by atoms with Gasteiger partial charge in [-0.1, -0.05) is 26.0 Å². The lowest BCUT2D eigenvalue weighted by atomic mass is 10.0. The van der Waals surface area contributed by atoms with E-state index in [0.29, 0.717) is 17.0 Å². The van der Waals surface area contributed by atoms with E-state index < -0.39 is 0 Å². The molecule has 1 aromatic rings. The third-order valence-electron chi connectivity index (χ3n) is 3.69. The van der Waals surface area contributed by atoms with Gasteiger partial charge in [-0.3, -0.25) is 9.69 Å². The lowest BCUT2D eigenvalue weighted by Gasteiger charge is -2.34. The number of nitrogens with zero attached hydrogens (tertiary/aromatic N) is 1. The summed E-state index contributed by atoms with van der Waals surface area (Å²) in [5, 5.41) is 1.24. The summed E-state index contributed by atoms with van der Waals surface area (Å²) < 4.78 is 0. The summed E-state index contributed by atoms with van der Waals surface area (Å²) in [5.41, 5.74) is 3.29. The van der Waals surface area contributed by atoms with E-state index in [1.807, 2.05) is 30.0 Å². The quantitative estimate of drug-likeness (QED) is 0.791. The molecule has 0 aliphatic carbocycles. The SMILES string of the molecule is Cc1ccc(C(=O)CN2CC(C)SC(C)C2)cc1C. The normalized spacial score (nSPS) is 24.4. The van der Waals surface area contributed by atoms with Gasteiger partial charge in [-0.15, -0.1) is 0 Å². The molecule has 1 fully saturated rings. The van der Waals surface area contributed by atoms with E-state index in [9.17, 15) is 4.79 Å². The van der Waals surface area contributed by atoms with E-state index in [2.05, 4.69) is 32.6 Å². The van der Waals surface area contributed by atoms with Crippen molar-refractivity contribution in [1.29, 1.82) is 0 Å². The van der Waals surface area contributed by atoms with Crippen molar-refractivity contribution >= 4 is 17.5 Å². The van der Waals surface area contributed by atoms with Gasteiger partial charge < -0.3 is 0 Å². The molecule has 1 aromatic carbocycles. The van der Waals surface area contributed by atoms with Crippen molar-refractivity contribution in [3.63, 3.8) is 0 Å². The summed E-state index contributed by atoms with van der Waals surface area (Å²) in [6.07, 6.45) is 0. The lowest BCUT2D eigenvalue weighted by molar-refractivity contribution is 0.0930. The zero-order valence-electron chi connectivity index (χ0n) is 12.3. The van der Waals surface area contributed by atoms with Crippen LogP contribution < -0.4 is 0 Å². The van der Waals surface area contributed by atoms with Crippen molar-refractivity contribution in [2.45, 2.75) is 38.2 Å². The summed E-state index contributed by atoms with van der Waals surface area (Å²) in [4.78, 5) is 14.6. The number of hydrogen-bond acceptors (Lipinski definition) is 3. The van der Waals surface area contributed by atoms with E-state index in [1.54, 1.807) is 0 Å². The van der Waals surface area contributed by atoms with Gasteiger partial charge in [0.1, 0.15) is 0 Å². The highest BCUT2D eigenvalue weighted by atomic mass is 32.2. The molecule has 0 N–H and O–H groups in total. The monoisotopic (exact) mass is 277 g/mol. The molecular weight excluding hydrogens is 254 g/mol. The molecule has 19 heavy (non-hydrogen) atoms. The number of carbonyl (C=O) groups excluding carboxylic acids is 1. The second-order valence-electron chi connectivity index (χ2n) is 5.67. The topological polar surface area (TPSA) is 20.3 Å². The van der Waals surface area contributed by atoms with E-state index in [1.165, 1.54) is 11.1 Å². The van der Waals surface area contributed by atoms with Crippen LogP contribution in [0.3, 0.4) is 0 Å². The van der Waals surface area contributed by atoms with Crippen LogP contribution in [0.1, 0.15) is 35.3 Å². The number of thioether (sulfide) groups is 1. The second-order valence-corrected chi connectivity index (χ2v) is 7.56. The molecule has 1 aliphatic heterocycles. The van der Waals surface area contributed by atoms with Crippen molar-refractivity contribution in [3.05, 3.63) is 34.9 Å². The van der Waals surface area contributed by atoms with Crippen LogP contribution in [0.15, 0.2) is 18.2 Å². The number of aryl methyl sites for hydroxylation is 2. The first kappa shape index (κ1) is 14.6. The van der Waals surface area contributed by atoms with Crippen molar-refractivity contribution in [2.75, 3.05) is 19.6 Å². The van der Waals surface area contributed by atoms with Crippen LogP contribution in [-0.2, 0) is 0 Å². The highest BCUT2D eigenvalue weighted by molar-refractivity contribution is 8.00. The Morgan fingerprint density at radius 3 is 2.42 bits per heavy atom. The van der Waals surface area contributed by atoms with Crippen LogP contribution in [-0.4, -0.2) is 40.8 Å². The molecular formula is C16H23NOS. The Bertz CT molecular complexity index is 462. The molecule has 2 nitrogen and oxygen atoms in total. The van der Waals surface area contributed by atoms with E-state index in [4.69, 9.17) is 0 Å². The predicted octanol–water partition coefficient (Wildman–Crippen LogP) is 3.31. The van der Waals surface area contributed by atoms with Gasteiger partial charge in [0.25, 0.3) is 0 Å². The van der Waals surface area contributed by atoms with Gasteiger partial charge in [-0.05, 0) is 31.0 Å². The molecule has 1 heterocycles. The Morgan fingerprint density at radius 1 is 1.21 bits per heavy atom. The number of hydrogen-bond donors (Lipinski definition) is 0. The van der Waals surface area contributed by atoms with Crippen molar-refractivity contribution in [1.82, 2.24) is 4.90 Å². The van der Waals surface area contributed by atoms with Crippen LogP contribution in [0.5, 0.6) is 0 Å². The fraction of sp³-hybridized carbons (Fsp3) is 0.562. The Morgan fingerprint density at radius 2 is 1.84 bits per heavy atom. The zero-order chi connectivity index (χ0) is 14.0. The number of benzene rings is 1. The third-order valence-corrected chi connectivity index (χ3v) is 4.92. The molecule has 0 bridgehead atoms. The molecule has 2 rings (SSSR count). The molecule has 0 amide bonds. The van der Waals surface area contributed by atoms with Gasteiger partial charge in [0.15, 0.2) is 5.78 Å². The molecule has 2 atom stereocenters. The smallest absolute Gasteiger partial charge is 0.176 e. The van der Waals surface area contributed by atoms with Gasteiger partial charge in [0.05, 0.1) is 6.54 Å². The maximum absolute atomic E-state index is 12.3. The minimum absolute atomic E-state index is 0.245. The van der Waals surface area contributed by atoms with E-state index in [-0.39, 0.29) is 5.78 Å². The fourth-order valence-corrected chi connectivity index (χ4v) is 4.01. The molecule has 1 aliphatic rings. The molecule has 2 unspecified atom stereocenters. The van der Waals surface area contributed by atoms with E-state index >= 15 is 0 Å². The van der Waals surface area contributed by atoms with Crippen LogP contribution in [0.25, 0.3) is 0 Å². The number of carbonyl (C=O) groups is 1. The third kappa shape index (κ3) is 3.83. The van der Waals surface area contributed by atoms with Crippen LogP contribution in [0.4, 0.5) is 0 Å². The summed E-state index contributed by atoms with van der Waals surface area (Å²) in [6.45, 7) is 11.2. The van der Waals surface area contributed by atoms with Crippen LogP contribution in [0, 0.1) is 13.8 Å². The van der Waals surface area contributed by atoms with Crippen molar-refractivity contribution in [2.24, 2.45) is 0 Å². The minimum Gasteiger partial charge on any atom is -0.294 e. The molecule has 0 radical (unpaired) electrons. The van der Waals surface area contributed by atoms with Crippen LogP contribution >= 0.6 is 11.8 Å². The average Bonchev–Trinajstić information content (AvgIpc) is 2.31. The summed E-state index contributed by atoms with van der Waals surface area (Å²) in [7, 11) is 0. The first-order valence-electron chi connectivity index (χ1n) is 6.94. The summed E-state index contributed by atoms with van der Waals surface area (Å²) >= 11 is 2.02. The number of ketones is 1. The average molecular weight is 277 g/mol. The Kier molecular flexibility index (Phi) is 4.69. The van der Waals surface area contributed by atoms with Gasteiger partial charge >= 0.3 is 0 Å². The molecule has 104 valence electrons. The molecule has 0 spiro atoms. The van der Waals surface area contributed by atoms with Gasteiger partial charge in [-0.25, -0.2) is 0 Å². The largest absolute Gasteiger partial charge is 0.294 e. The molecule has 0 saturated carbocycles.